The SMILES string of the molecule is O=c1cc2c(nn1CC1CCCN1CCn1nccn1)CCC2. The Bertz CT molecular complexity index is 723. The van der Waals surface area contributed by atoms with E-state index in [1.807, 2.05) is 0 Å². The minimum atomic E-state index is 0.0474. The summed E-state index contributed by atoms with van der Waals surface area (Å²) in [6, 6.07) is 2.18. The Hall–Kier alpha value is -2.02. The lowest BCUT2D eigenvalue weighted by Crippen LogP contribution is -2.39. The van der Waals surface area contributed by atoms with Crippen LogP contribution >= 0.6 is 0 Å². The molecule has 122 valence electrons. The molecule has 2 aromatic heterocycles. The summed E-state index contributed by atoms with van der Waals surface area (Å²) in [4.78, 5) is 16.4. The van der Waals surface area contributed by atoms with E-state index in [-0.39, 0.29) is 5.56 Å². The van der Waals surface area contributed by atoms with Gasteiger partial charge < -0.3 is 0 Å². The largest absolute Gasteiger partial charge is 0.297 e. The monoisotopic (exact) mass is 314 g/mol. The van der Waals surface area contributed by atoms with Crippen LogP contribution in [0.1, 0.15) is 30.5 Å². The van der Waals surface area contributed by atoms with Gasteiger partial charge in [0.2, 0.25) is 0 Å². The Kier molecular flexibility index (Phi) is 3.95. The molecule has 2 aliphatic rings. The molecule has 0 saturated carbocycles. The minimum Gasteiger partial charge on any atom is -0.297 e. The summed E-state index contributed by atoms with van der Waals surface area (Å²) >= 11 is 0. The van der Waals surface area contributed by atoms with Crippen LogP contribution in [0.3, 0.4) is 0 Å². The van der Waals surface area contributed by atoms with E-state index in [4.69, 9.17) is 0 Å². The van der Waals surface area contributed by atoms with E-state index >= 15 is 0 Å². The lowest BCUT2D eigenvalue weighted by atomic mass is 10.2. The number of aromatic nitrogens is 5. The Labute approximate surface area is 134 Å². The lowest BCUT2D eigenvalue weighted by molar-refractivity contribution is 0.210. The van der Waals surface area contributed by atoms with Crippen molar-refractivity contribution in [3.63, 3.8) is 0 Å². The molecule has 0 spiro atoms. The van der Waals surface area contributed by atoms with Gasteiger partial charge >= 0.3 is 0 Å². The molecule has 3 heterocycles. The molecule has 23 heavy (non-hydrogen) atoms. The average Bonchev–Trinajstić information content (AvgIpc) is 3.26. The first kappa shape index (κ1) is 14.6. The van der Waals surface area contributed by atoms with Crippen LogP contribution in [0.2, 0.25) is 0 Å². The Morgan fingerprint density at radius 3 is 2.87 bits per heavy atom. The third kappa shape index (κ3) is 3.06. The molecule has 1 saturated heterocycles. The molecule has 1 aliphatic heterocycles. The number of hydrogen-bond acceptors (Lipinski definition) is 5. The van der Waals surface area contributed by atoms with Gasteiger partial charge in [-0.2, -0.15) is 20.1 Å². The molecular formula is C16H22N6O. The molecule has 1 unspecified atom stereocenters. The standard InChI is InChI=1S/C16H22N6O/c23-16-11-13-3-1-5-15(13)19-21(16)12-14-4-2-8-20(14)9-10-22-17-6-7-18-22/h6-7,11,14H,1-5,8-10,12H2. The Balaban J connectivity index is 1.44. The maximum atomic E-state index is 12.3. The summed E-state index contributed by atoms with van der Waals surface area (Å²) in [6.45, 7) is 3.47. The maximum Gasteiger partial charge on any atom is 0.267 e. The predicted molar refractivity (Wildman–Crippen MR) is 85.1 cm³/mol. The third-order valence-corrected chi connectivity index (χ3v) is 4.96. The van der Waals surface area contributed by atoms with Gasteiger partial charge in [0.1, 0.15) is 0 Å². The van der Waals surface area contributed by atoms with Crippen molar-refractivity contribution >= 4 is 0 Å². The highest BCUT2D eigenvalue weighted by Crippen LogP contribution is 2.20. The van der Waals surface area contributed by atoms with E-state index in [1.165, 1.54) is 6.42 Å². The zero-order chi connectivity index (χ0) is 15.6. The van der Waals surface area contributed by atoms with Gasteiger partial charge in [0.25, 0.3) is 5.56 Å². The van der Waals surface area contributed by atoms with Crippen molar-refractivity contribution in [2.75, 3.05) is 13.1 Å². The van der Waals surface area contributed by atoms with Gasteiger partial charge in [0, 0.05) is 18.7 Å². The molecular weight excluding hydrogens is 292 g/mol. The van der Waals surface area contributed by atoms with E-state index in [0.717, 1.165) is 56.6 Å². The molecule has 7 nitrogen and oxygen atoms in total. The van der Waals surface area contributed by atoms with Crippen molar-refractivity contribution in [1.29, 1.82) is 0 Å². The van der Waals surface area contributed by atoms with Crippen molar-refractivity contribution in [3.05, 3.63) is 40.1 Å². The van der Waals surface area contributed by atoms with Crippen molar-refractivity contribution in [3.8, 4) is 0 Å². The number of rotatable bonds is 5. The van der Waals surface area contributed by atoms with Gasteiger partial charge in [-0.05, 0) is 44.2 Å². The average molecular weight is 314 g/mol. The molecule has 1 fully saturated rings. The summed E-state index contributed by atoms with van der Waals surface area (Å²) in [6.07, 6.45) is 8.84. The lowest BCUT2D eigenvalue weighted by Gasteiger charge is -2.24. The van der Waals surface area contributed by atoms with Crippen LogP contribution in [0, 0.1) is 0 Å². The third-order valence-electron chi connectivity index (χ3n) is 4.96. The van der Waals surface area contributed by atoms with Gasteiger partial charge in [-0.15, -0.1) is 0 Å². The van der Waals surface area contributed by atoms with Crippen molar-refractivity contribution in [1.82, 2.24) is 29.7 Å². The molecule has 4 rings (SSSR count). The predicted octanol–water partition coefficient (Wildman–Crippen LogP) is 0.488. The van der Waals surface area contributed by atoms with E-state index < -0.39 is 0 Å². The summed E-state index contributed by atoms with van der Waals surface area (Å²) in [5, 5.41) is 12.9. The van der Waals surface area contributed by atoms with Crippen molar-refractivity contribution in [2.45, 2.75) is 51.2 Å². The molecule has 0 aromatic carbocycles. The highest BCUT2D eigenvalue weighted by Gasteiger charge is 2.26. The maximum absolute atomic E-state index is 12.3. The van der Waals surface area contributed by atoms with Crippen LogP contribution in [0.4, 0.5) is 0 Å². The molecule has 2 aromatic rings. The fourth-order valence-electron chi connectivity index (χ4n) is 3.74. The van der Waals surface area contributed by atoms with E-state index in [2.05, 4.69) is 20.2 Å². The van der Waals surface area contributed by atoms with Crippen LogP contribution < -0.4 is 5.56 Å². The normalized spacial score (nSPS) is 21.0. The van der Waals surface area contributed by atoms with Gasteiger partial charge in [-0.3, -0.25) is 9.69 Å². The first-order valence-electron chi connectivity index (χ1n) is 8.48. The first-order chi connectivity index (χ1) is 11.3. The van der Waals surface area contributed by atoms with Gasteiger partial charge in [0.15, 0.2) is 0 Å². The zero-order valence-corrected chi connectivity index (χ0v) is 13.3. The molecule has 1 atom stereocenters. The number of fused-ring (bicyclic) bond motifs is 1. The molecule has 0 N–H and O–H groups in total. The second-order valence-electron chi connectivity index (χ2n) is 6.45. The summed E-state index contributed by atoms with van der Waals surface area (Å²) in [7, 11) is 0. The van der Waals surface area contributed by atoms with Gasteiger partial charge in [0.05, 0.1) is 31.2 Å². The van der Waals surface area contributed by atoms with Crippen LogP contribution in [0.5, 0.6) is 0 Å². The topological polar surface area (TPSA) is 68.8 Å². The Morgan fingerprint density at radius 2 is 2.00 bits per heavy atom. The highest BCUT2D eigenvalue weighted by atomic mass is 16.1. The number of likely N-dealkylation sites (tertiary alicyclic amines) is 1. The molecule has 1 aliphatic carbocycles. The smallest absolute Gasteiger partial charge is 0.267 e. The fourth-order valence-corrected chi connectivity index (χ4v) is 3.74. The minimum absolute atomic E-state index is 0.0474. The van der Waals surface area contributed by atoms with E-state index in [1.54, 1.807) is 27.9 Å². The summed E-state index contributed by atoms with van der Waals surface area (Å²) < 4.78 is 1.68. The highest BCUT2D eigenvalue weighted by molar-refractivity contribution is 5.22. The number of hydrogen-bond donors (Lipinski definition) is 0. The van der Waals surface area contributed by atoms with Crippen LogP contribution in [0.15, 0.2) is 23.3 Å². The second kappa shape index (κ2) is 6.23. The quantitative estimate of drug-likeness (QED) is 0.803. The summed E-state index contributed by atoms with van der Waals surface area (Å²) in [5.74, 6) is 0. The number of nitrogens with zero attached hydrogens (tertiary/aromatic N) is 6. The van der Waals surface area contributed by atoms with Crippen molar-refractivity contribution in [2.24, 2.45) is 0 Å². The molecule has 0 bridgehead atoms. The molecule has 7 heteroatoms. The summed E-state index contributed by atoms with van der Waals surface area (Å²) in [5.41, 5.74) is 2.32. The van der Waals surface area contributed by atoms with Crippen LogP contribution in [-0.4, -0.2) is 48.8 Å². The number of aryl methyl sites for hydroxylation is 2. The van der Waals surface area contributed by atoms with Gasteiger partial charge in [-0.1, -0.05) is 0 Å². The van der Waals surface area contributed by atoms with Crippen molar-refractivity contribution < 1.29 is 0 Å². The van der Waals surface area contributed by atoms with Crippen LogP contribution in [-0.2, 0) is 25.9 Å². The van der Waals surface area contributed by atoms with Crippen LogP contribution in [0.25, 0.3) is 0 Å². The Morgan fingerprint density at radius 1 is 1.13 bits per heavy atom. The fraction of sp³-hybridized carbons (Fsp3) is 0.625. The van der Waals surface area contributed by atoms with E-state index in [9.17, 15) is 4.79 Å². The first-order valence-corrected chi connectivity index (χ1v) is 8.48. The van der Waals surface area contributed by atoms with Gasteiger partial charge in [-0.25, -0.2) is 4.68 Å². The zero-order valence-electron chi connectivity index (χ0n) is 13.3. The molecule has 0 radical (unpaired) electrons. The molecule has 0 amide bonds. The van der Waals surface area contributed by atoms with E-state index in [0.29, 0.717) is 12.6 Å². The second-order valence-corrected chi connectivity index (χ2v) is 6.45.